The van der Waals surface area contributed by atoms with Gasteiger partial charge in [-0.15, -0.1) is 0 Å². The van der Waals surface area contributed by atoms with Crippen molar-refractivity contribution in [3.05, 3.63) is 46.6 Å². The van der Waals surface area contributed by atoms with Gasteiger partial charge in [0.25, 0.3) is 0 Å². The molecule has 0 heterocycles. The Bertz CT molecular complexity index is 417. The highest BCUT2D eigenvalue weighted by molar-refractivity contribution is 5.04. The van der Waals surface area contributed by atoms with Crippen molar-refractivity contribution >= 4 is 0 Å². The predicted octanol–water partition coefficient (Wildman–Crippen LogP) is 5.71. The number of aliphatic hydroxyl groups is 1. The number of allylic oxidation sites excluding steroid dienone is 6. The molecule has 0 fully saturated rings. The molecule has 1 unspecified atom stereocenters. The van der Waals surface area contributed by atoms with E-state index in [1.807, 2.05) is 6.92 Å². The van der Waals surface area contributed by atoms with E-state index in [0.29, 0.717) is 6.61 Å². The van der Waals surface area contributed by atoms with Crippen LogP contribution in [0.25, 0.3) is 0 Å². The Morgan fingerprint density at radius 1 is 0.818 bits per heavy atom. The van der Waals surface area contributed by atoms with Gasteiger partial charge in [0.1, 0.15) is 0 Å². The molecular formula is C20H34O2. The largest absolute Gasteiger partial charge is 0.365 e. The molecule has 1 N–H and O–H groups in total. The first-order valence-corrected chi connectivity index (χ1v) is 8.20. The van der Waals surface area contributed by atoms with E-state index in [0.717, 1.165) is 31.3 Å². The van der Waals surface area contributed by atoms with Gasteiger partial charge in [-0.25, -0.2) is 0 Å². The van der Waals surface area contributed by atoms with Crippen molar-refractivity contribution in [1.29, 1.82) is 0 Å². The molecule has 0 saturated carbocycles. The molecule has 0 aromatic carbocycles. The molecule has 0 aromatic rings. The summed E-state index contributed by atoms with van der Waals surface area (Å²) in [6.45, 7) is 13.0. The van der Waals surface area contributed by atoms with Crippen LogP contribution in [-0.4, -0.2) is 18.0 Å². The lowest BCUT2D eigenvalue weighted by molar-refractivity contribution is -0.0529. The van der Waals surface area contributed by atoms with E-state index < -0.39 is 6.29 Å². The summed E-state index contributed by atoms with van der Waals surface area (Å²) in [6.07, 6.45) is 11.6. The van der Waals surface area contributed by atoms with Gasteiger partial charge in [0.05, 0.1) is 6.61 Å². The molecule has 22 heavy (non-hydrogen) atoms. The Morgan fingerprint density at radius 3 is 1.82 bits per heavy atom. The number of hydrogen-bond acceptors (Lipinski definition) is 2. The highest BCUT2D eigenvalue weighted by Gasteiger charge is 2.00. The Labute approximate surface area is 137 Å². The van der Waals surface area contributed by atoms with E-state index in [4.69, 9.17) is 4.74 Å². The molecule has 0 aromatic heterocycles. The third-order valence-electron chi connectivity index (χ3n) is 3.31. The topological polar surface area (TPSA) is 29.5 Å². The first-order valence-electron chi connectivity index (χ1n) is 8.20. The van der Waals surface area contributed by atoms with Crippen molar-refractivity contribution in [3.63, 3.8) is 0 Å². The summed E-state index contributed by atoms with van der Waals surface area (Å²) in [7, 11) is 0. The van der Waals surface area contributed by atoms with Gasteiger partial charge in [-0.05, 0) is 73.3 Å². The fourth-order valence-electron chi connectivity index (χ4n) is 1.94. The average molecular weight is 306 g/mol. The quantitative estimate of drug-likeness (QED) is 0.414. The molecule has 0 amide bonds. The lowest BCUT2D eigenvalue weighted by atomic mass is 10.1. The lowest BCUT2D eigenvalue weighted by Crippen LogP contribution is -2.09. The molecule has 0 aliphatic rings. The average Bonchev–Trinajstić information content (AvgIpc) is 2.37. The monoisotopic (exact) mass is 306 g/mol. The van der Waals surface area contributed by atoms with E-state index in [-0.39, 0.29) is 0 Å². The van der Waals surface area contributed by atoms with Crippen LogP contribution in [0.4, 0.5) is 0 Å². The lowest BCUT2D eigenvalue weighted by Gasteiger charge is -2.08. The first kappa shape index (κ1) is 20.9. The van der Waals surface area contributed by atoms with Crippen LogP contribution >= 0.6 is 0 Å². The van der Waals surface area contributed by atoms with Crippen molar-refractivity contribution in [2.24, 2.45) is 0 Å². The van der Waals surface area contributed by atoms with Crippen LogP contribution in [0.1, 0.15) is 67.2 Å². The molecule has 2 nitrogen and oxygen atoms in total. The predicted molar refractivity (Wildman–Crippen MR) is 96.8 cm³/mol. The fraction of sp³-hybridized carbons (Fsp3) is 0.600. The molecule has 0 bridgehead atoms. The van der Waals surface area contributed by atoms with Crippen molar-refractivity contribution in [1.82, 2.24) is 0 Å². The third kappa shape index (κ3) is 13.8. The minimum absolute atomic E-state index is 0.458. The Kier molecular flexibility index (Phi) is 11.8. The zero-order valence-corrected chi connectivity index (χ0v) is 15.3. The van der Waals surface area contributed by atoms with Crippen molar-refractivity contribution in [2.45, 2.75) is 73.5 Å². The standard InChI is InChI=1S/C20H34O2/c1-16(2)9-7-11-18(5)13-14-22-20(21)15-19(6)12-8-10-17(3)4/h9-10,13,15,20-21H,7-8,11-12,14H2,1-6H3/b18-13+,19-15?. The first-order chi connectivity index (χ1) is 10.3. The molecule has 0 aliphatic carbocycles. The van der Waals surface area contributed by atoms with Crippen LogP contribution in [0.15, 0.2) is 46.6 Å². The highest BCUT2D eigenvalue weighted by Crippen LogP contribution is 2.09. The summed E-state index contributed by atoms with van der Waals surface area (Å²) in [4.78, 5) is 0. The highest BCUT2D eigenvalue weighted by atomic mass is 16.6. The molecule has 0 radical (unpaired) electrons. The van der Waals surface area contributed by atoms with Gasteiger partial charge < -0.3 is 9.84 Å². The van der Waals surface area contributed by atoms with Gasteiger partial charge >= 0.3 is 0 Å². The maximum Gasteiger partial charge on any atom is 0.174 e. The number of rotatable bonds is 10. The second-order valence-corrected chi connectivity index (χ2v) is 6.43. The second kappa shape index (κ2) is 12.4. The molecule has 0 rings (SSSR count). The van der Waals surface area contributed by atoms with Crippen LogP contribution in [0.5, 0.6) is 0 Å². The molecule has 2 heteroatoms. The molecule has 0 aliphatic heterocycles. The SMILES string of the molecule is CC(C)=CCCC(C)=CC(O)OC/C=C(\C)CCC=C(C)C. The maximum absolute atomic E-state index is 9.84. The van der Waals surface area contributed by atoms with Crippen molar-refractivity contribution < 1.29 is 9.84 Å². The normalized spacial score (nSPS) is 13.8. The summed E-state index contributed by atoms with van der Waals surface area (Å²) in [5.41, 5.74) is 5.15. The summed E-state index contributed by atoms with van der Waals surface area (Å²) in [5, 5.41) is 9.84. The van der Waals surface area contributed by atoms with E-state index in [2.05, 4.69) is 52.8 Å². The van der Waals surface area contributed by atoms with Gasteiger partial charge in [-0.2, -0.15) is 0 Å². The van der Waals surface area contributed by atoms with Crippen LogP contribution in [-0.2, 0) is 4.74 Å². The Hall–Kier alpha value is -1.12. The molecule has 126 valence electrons. The Balaban J connectivity index is 4.03. The van der Waals surface area contributed by atoms with Crippen molar-refractivity contribution in [3.8, 4) is 0 Å². The number of aliphatic hydroxyl groups excluding tert-OH is 1. The summed E-state index contributed by atoms with van der Waals surface area (Å²) in [5.74, 6) is 0. The molecular weight excluding hydrogens is 272 g/mol. The molecule has 0 saturated heterocycles. The minimum atomic E-state index is -0.812. The van der Waals surface area contributed by atoms with Crippen LogP contribution in [0.3, 0.4) is 0 Å². The van der Waals surface area contributed by atoms with Gasteiger partial charge in [0.2, 0.25) is 0 Å². The zero-order valence-electron chi connectivity index (χ0n) is 15.3. The third-order valence-corrected chi connectivity index (χ3v) is 3.31. The molecule has 1 atom stereocenters. The maximum atomic E-state index is 9.84. The van der Waals surface area contributed by atoms with Gasteiger partial charge in [-0.1, -0.05) is 40.5 Å². The minimum Gasteiger partial charge on any atom is -0.365 e. The van der Waals surface area contributed by atoms with Gasteiger partial charge in [0, 0.05) is 0 Å². The van der Waals surface area contributed by atoms with E-state index in [9.17, 15) is 5.11 Å². The van der Waals surface area contributed by atoms with E-state index in [1.165, 1.54) is 16.7 Å². The van der Waals surface area contributed by atoms with Gasteiger partial charge in [-0.3, -0.25) is 0 Å². The van der Waals surface area contributed by atoms with E-state index in [1.54, 1.807) is 6.08 Å². The summed E-state index contributed by atoms with van der Waals surface area (Å²) >= 11 is 0. The Morgan fingerprint density at radius 2 is 1.32 bits per heavy atom. The molecule has 0 spiro atoms. The van der Waals surface area contributed by atoms with Crippen LogP contribution in [0, 0.1) is 0 Å². The number of ether oxygens (including phenoxy) is 1. The van der Waals surface area contributed by atoms with Crippen molar-refractivity contribution in [2.75, 3.05) is 6.61 Å². The van der Waals surface area contributed by atoms with Crippen LogP contribution < -0.4 is 0 Å². The second-order valence-electron chi connectivity index (χ2n) is 6.43. The smallest absolute Gasteiger partial charge is 0.174 e. The van der Waals surface area contributed by atoms with E-state index >= 15 is 0 Å². The van der Waals surface area contributed by atoms with Crippen LogP contribution in [0.2, 0.25) is 0 Å². The summed E-state index contributed by atoms with van der Waals surface area (Å²) in [6, 6.07) is 0. The number of hydrogen-bond donors (Lipinski definition) is 1. The fourth-order valence-corrected chi connectivity index (χ4v) is 1.94. The summed E-state index contributed by atoms with van der Waals surface area (Å²) < 4.78 is 5.41. The van der Waals surface area contributed by atoms with Gasteiger partial charge in [0.15, 0.2) is 6.29 Å². The zero-order chi connectivity index (χ0) is 17.0.